The van der Waals surface area contributed by atoms with Gasteiger partial charge in [0.2, 0.25) is 5.91 Å². The lowest BCUT2D eigenvalue weighted by Crippen LogP contribution is -2.40. The topological polar surface area (TPSA) is 75.8 Å². The van der Waals surface area contributed by atoms with Gasteiger partial charge in [-0.25, -0.2) is 0 Å². The quantitative estimate of drug-likeness (QED) is 0.796. The fourth-order valence-corrected chi connectivity index (χ4v) is 2.13. The first-order chi connectivity index (χ1) is 9.16. The molecule has 5 nitrogen and oxygen atoms in total. The van der Waals surface area contributed by atoms with E-state index in [2.05, 4.69) is 0 Å². The average Bonchev–Trinajstić information content (AvgIpc) is 2.41. The summed E-state index contributed by atoms with van der Waals surface area (Å²) in [7, 11) is 0. The van der Waals surface area contributed by atoms with Crippen molar-refractivity contribution in [3.05, 3.63) is 24.3 Å². The van der Waals surface area contributed by atoms with Crippen molar-refractivity contribution in [2.45, 2.75) is 25.4 Å². The first kappa shape index (κ1) is 13.7. The van der Waals surface area contributed by atoms with Gasteiger partial charge in [0, 0.05) is 13.1 Å². The molecule has 1 fully saturated rings. The summed E-state index contributed by atoms with van der Waals surface area (Å²) in [6, 6.07) is 7.24. The van der Waals surface area contributed by atoms with Gasteiger partial charge < -0.3 is 20.5 Å². The Bertz CT molecular complexity index is 428. The molecule has 0 bridgehead atoms. The highest BCUT2D eigenvalue weighted by Gasteiger charge is 2.20. The van der Waals surface area contributed by atoms with E-state index < -0.39 is 0 Å². The van der Waals surface area contributed by atoms with Crippen molar-refractivity contribution < 1.29 is 14.6 Å². The lowest BCUT2D eigenvalue weighted by atomic mass is 10.1. The molecule has 104 valence electrons. The first-order valence-electron chi connectivity index (χ1n) is 6.60. The fourth-order valence-electron chi connectivity index (χ4n) is 2.13. The molecule has 0 unspecified atom stereocenters. The van der Waals surface area contributed by atoms with Crippen molar-refractivity contribution in [2.24, 2.45) is 0 Å². The van der Waals surface area contributed by atoms with E-state index >= 15 is 0 Å². The third-order valence-corrected chi connectivity index (χ3v) is 3.31. The Morgan fingerprint density at radius 1 is 1.37 bits per heavy atom. The highest BCUT2D eigenvalue weighted by molar-refractivity contribution is 5.76. The molecule has 1 heterocycles. The van der Waals surface area contributed by atoms with E-state index in [1.807, 2.05) is 12.1 Å². The largest absolute Gasteiger partial charge is 0.491 e. The first-order valence-corrected chi connectivity index (χ1v) is 6.60. The number of carbonyl (C=O) groups is 1. The summed E-state index contributed by atoms with van der Waals surface area (Å²) in [6.45, 7) is 1.59. The van der Waals surface area contributed by atoms with Crippen LogP contribution in [-0.2, 0) is 4.79 Å². The lowest BCUT2D eigenvalue weighted by Gasteiger charge is -2.29. The number of hydrogen-bond donors (Lipinski definition) is 2. The van der Waals surface area contributed by atoms with Crippen LogP contribution in [-0.4, -0.2) is 41.7 Å². The number of anilines is 1. The number of nitrogens with two attached hydrogens (primary N) is 1. The standard InChI is InChI=1S/C14H20N2O3/c15-12-3-1-2-4-13(12)19-10-7-14(18)16-8-5-11(17)6-9-16/h1-4,11,17H,5-10,15H2. The van der Waals surface area contributed by atoms with Crippen LogP contribution in [0, 0.1) is 0 Å². The molecule has 0 aromatic heterocycles. The van der Waals surface area contributed by atoms with Crippen molar-refractivity contribution in [1.82, 2.24) is 4.90 Å². The number of para-hydroxylation sites is 2. The molecular formula is C14H20N2O3. The SMILES string of the molecule is Nc1ccccc1OCCC(=O)N1CCC(O)CC1. The number of aliphatic hydroxyl groups excluding tert-OH is 1. The Morgan fingerprint density at radius 2 is 2.05 bits per heavy atom. The number of piperidine rings is 1. The van der Waals surface area contributed by atoms with Crippen LogP contribution in [0.15, 0.2) is 24.3 Å². The van der Waals surface area contributed by atoms with Crippen LogP contribution in [0.3, 0.4) is 0 Å². The van der Waals surface area contributed by atoms with Crippen LogP contribution in [0.1, 0.15) is 19.3 Å². The number of aliphatic hydroxyl groups is 1. The fraction of sp³-hybridized carbons (Fsp3) is 0.500. The van der Waals surface area contributed by atoms with Crippen molar-refractivity contribution in [3.63, 3.8) is 0 Å². The molecule has 1 aromatic carbocycles. The molecular weight excluding hydrogens is 244 g/mol. The minimum Gasteiger partial charge on any atom is -0.491 e. The summed E-state index contributed by atoms with van der Waals surface area (Å²) < 4.78 is 5.50. The number of likely N-dealkylation sites (tertiary alicyclic amines) is 1. The number of carbonyl (C=O) groups excluding carboxylic acids is 1. The molecule has 1 saturated heterocycles. The van der Waals surface area contributed by atoms with Crippen LogP contribution in [0.5, 0.6) is 5.75 Å². The second-order valence-corrected chi connectivity index (χ2v) is 4.75. The van der Waals surface area contributed by atoms with Crippen LogP contribution in [0.25, 0.3) is 0 Å². The molecule has 19 heavy (non-hydrogen) atoms. The molecule has 0 spiro atoms. The van der Waals surface area contributed by atoms with Crippen molar-refractivity contribution in [2.75, 3.05) is 25.4 Å². The molecule has 1 aliphatic heterocycles. The highest BCUT2D eigenvalue weighted by atomic mass is 16.5. The van der Waals surface area contributed by atoms with Gasteiger partial charge in [0.15, 0.2) is 0 Å². The summed E-state index contributed by atoms with van der Waals surface area (Å²) >= 11 is 0. The lowest BCUT2D eigenvalue weighted by molar-refractivity contribution is -0.133. The van der Waals surface area contributed by atoms with Crippen LogP contribution >= 0.6 is 0 Å². The minimum absolute atomic E-state index is 0.0707. The zero-order chi connectivity index (χ0) is 13.7. The van der Waals surface area contributed by atoms with E-state index in [9.17, 15) is 9.90 Å². The number of nitrogen functional groups attached to an aromatic ring is 1. The number of benzene rings is 1. The van der Waals surface area contributed by atoms with Gasteiger partial charge in [-0.15, -0.1) is 0 Å². The molecule has 0 radical (unpaired) electrons. The maximum absolute atomic E-state index is 11.9. The predicted octanol–water partition coefficient (Wildman–Crippen LogP) is 1.02. The molecule has 0 aliphatic carbocycles. The molecule has 0 saturated carbocycles. The van der Waals surface area contributed by atoms with Gasteiger partial charge in [0.1, 0.15) is 5.75 Å². The molecule has 3 N–H and O–H groups in total. The van der Waals surface area contributed by atoms with Gasteiger partial charge >= 0.3 is 0 Å². The summed E-state index contributed by atoms with van der Waals surface area (Å²) in [4.78, 5) is 13.7. The number of nitrogens with zero attached hydrogens (tertiary/aromatic N) is 1. The van der Waals surface area contributed by atoms with Crippen molar-refractivity contribution in [1.29, 1.82) is 0 Å². The zero-order valence-corrected chi connectivity index (χ0v) is 10.9. The van der Waals surface area contributed by atoms with E-state index in [4.69, 9.17) is 10.5 Å². The number of amides is 1. The number of ether oxygens (including phenoxy) is 1. The highest BCUT2D eigenvalue weighted by Crippen LogP contribution is 2.20. The molecule has 5 heteroatoms. The predicted molar refractivity (Wildman–Crippen MR) is 72.8 cm³/mol. The Labute approximate surface area is 113 Å². The molecule has 1 aromatic rings. The smallest absolute Gasteiger partial charge is 0.226 e. The van der Waals surface area contributed by atoms with Crippen molar-refractivity contribution in [3.8, 4) is 5.75 Å². The number of rotatable bonds is 4. The van der Waals surface area contributed by atoms with E-state index in [1.54, 1.807) is 17.0 Å². The third-order valence-electron chi connectivity index (χ3n) is 3.31. The maximum Gasteiger partial charge on any atom is 0.226 e. The number of hydrogen-bond acceptors (Lipinski definition) is 4. The second-order valence-electron chi connectivity index (χ2n) is 4.75. The van der Waals surface area contributed by atoms with E-state index in [0.29, 0.717) is 50.4 Å². The van der Waals surface area contributed by atoms with Crippen LogP contribution in [0.4, 0.5) is 5.69 Å². The summed E-state index contributed by atoms with van der Waals surface area (Å²) in [5, 5.41) is 9.39. The monoisotopic (exact) mass is 264 g/mol. The summed E-state index contributed by atoms with van der Waals surface area (Å²) in [5.74, 6) is 0.686. The zero-order valence-electron chi connectivity index (χ0n) is 10.9. The molecule has 1 aliphatic rings. The van der Waals surface area contributed by atoms with Gasteiger partial charge in [-0.05, 0) is 25.0 Å². The Hall–Kier alpha value is -1.75. The average molecular weight is 264 g/mol. The van der Waals surface area contributed by atoms with Crippen LogP contribution in [0.2, 0.25) is 0 Å². The van der Waals surface area contributed by atoms with E-state index in [0.717, 1.165) is 0 Å². The Morgan fingerprint density at radius 3 is 2.74 bits per heavy atom. The van der Waals surface area contributed by atoms with E-state index in [1.165, 1.54) is 0 Å². The molecule has 1 amide bonds. The van der Waals surface area contributed by atoms with Gasteiger partial charge in [0.05, 0.1) is 24.8 Å². The summed E-state index contributed by atoms with van der Waals surface area (Å²) in [6.07, 6.45) is 1.41. The van der Waals surface area contributed by atoms with Crippen LogP contribution < -0.4 is 10.5 Å². The minimum atomic E-state index is -0.260. The second kappa shape index (κ2) is 6.43. The molecule has 2 rings (SSSR count). The summed E-state index contributed by atoms with van der Waals surface area (Å²) in [5.41, 5.74) is 6.33. The van der Waals surface area contributed by atoms with Crippen molar-refractivity contribution >= 4 is 11.6 Å². The third kappa shape index (κ3) is 3.86. The normalized spacial score (nSPS) is 16.4. The molecule has 0 atom stereocenters. The van der Waals surface area contributed by atoms with E-state index in [-0.39, 0.29) is 12.0 Å². The van der Waals surface area contributed by atoms with Gasteiger partial charge in [-0.3, -0.25) is 4.79 Å². The van der Waals surface area contributed by atoms with Gasteiger partial charge in [-0.1, -0.05) is 12.1 Å². The Kier molecular flexibility index (Phi) is 4.63. The van der Waals surface area contributed by atoms with Gasteiger partial charge in [-0.2, -0.15) is 0 Å². The van der Waals surface area contributed by atoms with Gasteiger partial charge in [0.25, 0.3) is 0 Å². The maximum atomic E-state index is 11.9. The Balaban J connectivity index is 1.74.